The van der Waals surface area contributed by atoms with Gasteiger partial charge in [0.05, 0.1) is 11.1 Å². The molecular weight excluding hydrogens is 272 g/mol. The fraction of sp³-hybridized carbons (Fsp3) is 0.273. The van der Waals surface area contributed by atoms with Gasteiger partial charge < -0.3 is 10.6 Å². The number of aryl methyl sites for hydroxylation is 1. The molecule has 1 rings (SSSR count). The molecule has 2 N–H and O–H groups in total. The van der Waals surface area contributed by atoms with Crippen molar-refractivity contribution in [2.45, 2.75) is 6.92 Å². The fourth-order valence-electron chi connectivity index (χ4n) is 1.30. The molecule has 16 heavy (non-hydrogen) atoms. The van der Waals surface area contributed by atoms with Gasteiger partial charge in [-0.1, -0.05) is 15.9 Å². The van der Waals surface area contributed by atoms with Gasteiger partial charge in [-0.25, -0.2) is 0 Å². The van der Waals surface area contributed by atoms with E-state index in [1.165, 1.54) is 4.90 Å². The number of primary amides is 1. The zero-order chi connectivity index (χ0) is 12.5. The van der Waals surface area contributed by atoms with Crippen molar-refractivity contribution < 1.29 is 9.59 Å². The Morgan fingerprint density at radius 3 is 2.25 bits per heavy atom. The molecule has 0 saturated heterocycles. The minimum absolute atomic E-state index is 0.232. The summed E-state index contributed by atoms with van der Waals surface area (Å²) in [5.74, 6) is -0.838. The molecule has 0 fully saturated rings. The smallest absolute Gasteiger partial charge is 0.254 e. The monoisotopic (exact) mass is 284 g/mol. The number of hydrogen-bond acceptors (Lipinski definition) is 2. The number of carbonyl (C=O) groups excluding carboxylic acids is 2. The molecule has 2 amide bonds. The van der Waals surface area contributed by atoms with Crippen LogP contribution in [0.3, 0.4) is 0 Å². The van der Waals surface area contributed by atoms with E-state index in [0.29, 0.717) is 5.56 Å². The zero-order valence-corrected chi connectivity index (χ0v) is 11.0. The van der Waals surface area contributed by atoms with Gasteiger partial charge in [0.15, 0.2) is 0 Å². The highest BCUT2D eigenvalue weighted by molar-refractivity contribution is 9.10. The first-order chi connectivity index (χ1) is 7.34. The van der Waals surface area contributed by atoms with Crippen LogP contribution in [0.2, 0.25) is 0 Å². The van der Waals surface area contributed by atoms with Crippen LogP contribution in [0.15, 0.2) is 16.6 Å². The number of carbonyl (C=O) groups is 2. The summed E-state index contributed by atoms with van der Waals surface area (Å²) in [6.07, 6.45) is 0. The van der Waals surface area contributed by atoms with E-state index in [2.05, 4.69) is 15.9 Å². The highest BCUT2D eigenvalue weighted by atomic mass is 79.9. The van der Waals surface area contributed by atoms with Gasteiger partial charge >= 0.3 is 0 Å². The summed E-state index contributed by atoms with van der Waals surface area (Å²) >= 11 is 3.30. The van der Waals surface area contributed by atoms with E-state index < -0.39 is 5.91 Å². The first kappa shape index (κ1) is 12.7. The Kier molecular flexibility index (Phi) is 3.70. The first-order valence-corrected chi connectivity index (χ1v) is 5.45. The van der Waals surface area contributed by atoms with E-state index in [9.17, 15) is 9.59 Å². The van der Waals surface area contributed by atoms with Crippen LogP contribution in [0.25, 0.3) is 0 Å². The maximum atomic E-state index is 11.8. The van der Waals surface area contributed by atoms with Gasteiger partial charge in [0, 0.05) is 18.6 Å². The van der Waals surface area contributed by atoms with Crippen LogP contribution in [0.4, 0.5) is 0 Å². The number of halogens is 1. The molecule has 0 bridgehead atoms. The molecule has 4 nitrogen and oxygen atoms in total. The first-order valence-electron chi connectivity index (χ1n) is 4.66. The molecule has 0 heterocycles. The Balaban J connectivity index is 3.42. The molecule has 5 heteroatoms. The topological polar surface area (TPSA) is 63.4 Å². The van der Waals surface area contributed by atoms with Gasteiger partial charge in [-0.15, -0.1) is 0 Å². The Morgan fingerprint density at radius 1 is 1.25 bits per heavy atom. The van der Waals surface area contributed by atoms with Crippen LogP contribution in [0.1, 0.15) is 26.3 Å². The molecule has 0 aliphatic rings. The van der Waals surface area contributed by atoms with Crippen LogP contribution in [-0.4, -0.2) is 30.8 Å². The summed E-state index contributed by atoms with van der Waals surface area (Å²) in [4.78, 5) is 24.5. The van der Waals surface area contributed by atoms with Crippen molar-refractivity contribution in [1.82, 2.24) is 4.90 Å². The van der Waals surface area contributed by atoms with Crippen LogP contribution >= 0.6 is 15.9 Å². The van der Waals surface area contributed by atoms with Gasteiger partial charge in [0.25, 0.3) is 5.91 Å². The van der Waals surface area contributed by atoms with E-state index in [0.717, 1.165) is 10.0 Å². The third kappa shape index (κ3) is 2.41. The zero-order valence-electron chi connectivity index (χ0n) is 9.37. The molecule has 1 aromatic rings. The summed E-state index contributed by atoms with van der Waals surface area (Å²) in [7, 11) is 3.26. The van der Waals surface area contributed by atoms with E-state index in [-0.39, 0.29) is 11.5 Å². The Labute approximate surface area is 103 Å². The van der Waals surface area contributed by atoms with Crippen molar-refractivity contribution >= 4 is 27.7 Å². The second kappa shape index (κ2) is 4.65. The SMILES string of the molecule is Cc1cc(C(=O)N(C)C)c(C(N)=O)cc1Br. The van der Waals surface area contributed by atoms with Crippen LogP contribution < -0.4 is 5.73 Å². The maximum Gasteiger partial charge on any atom is 0.254 e. The van der Waals surface area contributed by atoms with E-state index >= 15 is 0 Å². The lowest BCUT2D eigenvalue weighted by atomic mass is 10.0. The average molecular weight is 285 g/mol. The van der Waals surface area contributed by atoms with Crippen molar-refractivity contribution in [2.24, 2.45) is 5.73 Å². The summed E-state index contributed by atoms with van der Waals surface area (Å²) in [5.41, 5.74) is 6.69. The number of rotatable bonds is 2. The second-order valence-corrected chi connectivity index (χ2v) is 4.57. The van der Waals surface area contributed by atoms with Crippen molar-refractivity contribution in [3.63, 3.8) is 0 Å². The number of hydrogen-bond donors (Lipinski definition) is 1. The maximum absolute atomic E-state index is 11.8. The van der Waals surface area contributed by atoms with Crippen LogP contribution in [0.5, 0.6) is 0 Å². The molecule has 0 aliphatic carbocycles. The van der Waals surface area contributed by atoms with Crippen molar-refractivity contribution in [3.05, 3.63) is 33.3 Å². The summed E-state index contributed by atoms with van der Waals surface area (Å²) < 4.78 is 0.761. The van der Waals surface area contributed by atoms with E-state index in [1.807, 2.05) is 6.92 Å². The number of benzene rings is 1. The van der Waals surface area contributed by atoms with E-state index in [4.69, 9.17) is 5.73 Å². The van der Waals surface area contributed by atoms with Crippen LogP contribution in [0, 0.1) is 6.92 Å². The molecule has 0 spiro atoms. The Hall–Kier alpha value is -1.36. The van der Waals surface area contributed by atoms with Gasteiger partial charge in [-0.05, 0) is 24.6 Å². The molecule has 0 aliphatic heterocycles. The molecule has 0 atom stereocenters. The highest BCUT2D eigenvalue weighted by Gasteiger charge is 2.18. The predicted octanol–water partition coefficient (Wildman–Crippen LogP) is 1.56. The number of nitrogens with zero attached hydrogens (tertiary/aromatic N) is 1. The van der Waals surface area contributed by atoms with Gasteiger partial charge in [0.1, 0.15) is 0 Å². The van der Waals surface area contributed by atoms with Crippen molar-refractivity contribution in [1.29, 1.82) is 0 Å². The fourth-order valence-corrected chi connectivity index (χ4v) is 1.65. The molecular formula is C11H13BrN2O2. The van der Waals surface area contributed by atoms with E-state index in [1.54, 1.807) is 26.2 Å². The standard InChI is InChI=1S/C11H13BrN2O2/c1-6-4-8(11(16)14(2)3)7(10(13)15)5-9(6)12/h4-5H,1-3H3,(H2,13,15). The van der Waals surface area contributed by atoms with Crippen molar-refractivity contribution in [3.8, 4) is 0 Å². The normalized spacial score (nSPS) is 10.0. The third-order valence-corrected chi connectivity index (χ3v) is 3.06. The molecule has 1 aromatic carbocycles. The molecule has 0 radical (unpaired) electrons. The number of nitrogens with two attached hydrogens (primary N) is 1. The lowest BCUT2D eigenvalue weighted by molar-refractivity contribution is 0.0820. The summed E-state index contributed by atoms with van der Waals surface area (Å²) in [6, 6.07) is 3.24. The van der Waals surface area contributed by atoms with Crippen molar-refractivity contribution in [2.75, 3.05) is 14.1 Å². The van der Waals surface area contributed by atoms with Gasteiger partial charge in [0.2, 0.25) is 5.91 Å². The Bertz CT molecular complexity index is 456. The predicted molar refractivity (Wildman–Crippen MR) is 65.4 cm³/mol. The highest BCUT2D eigenvalue weighted by Crippen LogP contribution is 2.22. The average Bonchev–Trinajstić information content (AvgIpc) is 2.19. The summed E-state index contributed by atoms with van der Waals surface area (Å²) in [6.45, 7) is 1.85. The summed E-state index contributed by atoms with van der Waals surface area (Å²) in [5, 5.41) is 0. The lowest BCUT2D eigenvalue weighted by Crippen LogP contribution is -2.26. The molecule has 0 saturated carbocycles. The molecule has 86 valence electrons. The van der Waals surface area contributed by atoms with Crippen LogP contribution in [-0.2, 0) is 0 Å². The Morgan fingerprint density at radius 2 is 1.81 bits per heavy atom. The minimum Gasteiger partial charge on any atom is -0.366 e. The quantitative estimate of drug-likeness (QED) is 0.896. The number of amides is 2. The third-order valence-electron chi connectivity index (χ3n) is 2.20. The minimum atomic E-state index is -0.606. The largest absolute Gasteiger partial charge is 0.366 e. The van der Waals surface area contributed by atoms with Gasteiger partial charge in [-0.2, -0.15) is 0 Å². The molecule has 0 aromatic heterocycles. The lowest BCUT2D eigenvalue weighted by Gasteiger charge is -2.14. The molecule has 0 unspecified atom stereocenters. The second-order valence-electron chi connectivity index (χ2n) is 3.71. The van der Waals surface area contributed by atoms with Gasteiger partial charge in [-0.3, -0.25) is 9.59 Å².